The summed E-state index contributed by atoms with van der Waals surface area (Å²) in [6.45, 7) is 8.10. The molecule has 1 aliphatic heterocycles. The fourth-order valence-corrected chi connectivity index (χ4v) is 3.88. The summed E-state index contributed by atoms with van der Waals surface area (Å²) in [5, 5.41) is 2.87. The third-order valence-corrected chi connectivity index (χ3v) is 5.46. The van der Waals surface area contributed by atoms with Crippen LogP contribution < -0.4 is 10.2 Å². The van der Waals surface area contributed by atoms with Crippen LogP contribution in [0.4, 0.5) is 11.4 Å². The summed E-state index contributed by atoms with van der Waals surface area (Å²) >= 11 is 0. The van der Waals surface area contributed by atoms with Crippen molar-refractivity contribution in [2.75, 3.05) is 16.8 Å². The topological polar surface area (TPSA) is 75.7 Å². The maximum absolute atomic E-state index is 12.8. The largest absolute Gasteiger partial charge is 0.459 e. The quantitative estimate of drug-likeness (QED) is 0.673. The summed E-state index contributed by atoms with van der Waals surface area (Å²) in [5.41, 5.74) is 4.22. The Hall–Kier alpha value is -3.15. The molecular formula is C25H30N2O4. The Kier molecular flexibility index (Phi) is 7.10. The highest BCUT2D eigenvalue weighted by molar-refractivity contribution is 6.04. The van der Waals surface area contributed by atoms with E-state index in [0.29, 0.717) is 17.8 Å². The average molecular weight is 423 g/mol. The number of hydrogen-bond donors (Lipinski definition) is 1. The Balaban J connectivity index is 1.70. The number of aryl methyl sites for hydroxylation is 2. The summed E-state index contributed by atoms with van der Waals surface area (Å²) < 4.78 is 5.17. The van der Waals surface area contributed by atoms with E-state index in [1.54, 1.807) is 43.0 Å². The highest BCUT2D eigenvalue weighted by atomic mass is 16.5. The molecule has 31 heavy (non-hydrogen) atoms. The van der Waals surface area contributed by atoms with Crippen LogP contribution in [0, 0.1) is 5.92 Å². The highest BCUT2D eigenvalue weighted by Gasteiger charge is 2.36. The average Bonchev–Trinajstić information content (AvgIpc) is 3.14. The summed E-state index contributed by atoms with van der Waals surface area (Å²) in [6.07, 6.45) is 1.65. The molecule has 6 heteroatoms. The number of benzene rings is 2. The highest BCUT2D eigenvalue weighted by Crippen LogP contribution is 2.32. The number of carbonyl (C=O) groups excluding carboxylic acids is 3. The van der Waals surface area contributed by atoms with Crippen LogP contribution in [0.3, 0.4) is 0 Å². The number of ether oxygens (including phenoxy) is 1. The molecule has 6 nitrogen and oxygen atoms in total. The fraction of sp³-hybridized carbons (Fsp3) is 0.400. The number of rotatable bonds is 7. The molecule has 0 aromatic heterocycles. The summed E-state index contributed by atoms with van der Waals surface area (Å²) in [4.78, 5) is 39.3. The summed E-state index contributed by atoms with van der Waals surface area (Å²) in [6, 6.07) is 12.7. The number of amides is 2. The zero-order chi connectivity index (χ0) is 22.5. The van der Waals surface area contributed by atoms with Crippen molar-refractivity contribution in [1.29, 1.82) is 0 Å². The van der Waals surface area contributed by atoms with Crippen LogP contribution in [0.5, 0.6) is 0 Å². The van der Waals surface area contributed by atoms with Gasteiger partial charge in [0.25, 0.3) is 0 Å². The first-order valence-electron chi connectivity index (χ1n) is 10.9. The minimum absolute atomic E-state index is 0.0254. The second-order valence-corrected chi connectivity index (χ2v) is 8.06. The maximum atomic E-state index is 12.8. The van der Waals surface area contributed by atoms with Crippen molar-refractivity contribution in [1.82, 2.24) is 0 Å². The van der Waals surface area contributed by atoms with Gasteiger partial charge in [0.1, 0.15) is 0 Å². The number of nitrogens with zero attached hydrogens (tertiary/aromatic N) is 1. The molecule has 0 saturated carbocycles. The normalized spacial score (nSPS) is 16.0. The molecule has 1 atom stereocenters. The Labute approximate surface area is 183 Å². The number of carbonyl (C=O) groups is 3. The second-order valence-electron chi connectivity index (χ2n) is 8.06. The van der Waals surface area contributed by atoms with Crippen molar-refractivity contribution in [2.24, 2.45) is 5.92 Å². The number of hydrogen-bond acceptors (Lipinski definition) is 4. The standard InChI is InChI=1S/C25H30N2O4/c1-5-17-8-7-9-18(6-2)23(17)27-15-20(14-22(27)28)24(29)26-21-12-10-19(11-13-21)25(30)31-16(3)4/h7-13,16,20H,5-6,14-15H2,1-4H3,(H,26,29)/t20-/m1/s1. The first kappa shape index (κ1) is 22.5. The van der Waals surface area contributed by atoms with E-state index in [9.17, 15) is 14.4 Å². The first-order chi connectivity index (χ1) is 14.8. The number of anilines is 2. The van der Waals surface area contributed by atoms with Crippen LogP contribution in [0.2, 0.25) is 0 Å². The van der Waals surface area contributed by atoms with Crippen LogP contribution >= 0.6 is 0 Å². The van der Waals surface area contributed by atoms with E-state index in [2.05, 4.69) is 19.2 Å². The van der Waals surface area contributed by atoms with Gasteiger partial charge in [-0.25, -0.2) is 4.79 Å². The van der Waals surface area contributed by atoms with Crippen molar-refractivity contribution >= 4 is 29.2 Å². The lowest BCUT2D eigenvalue weighted by Gasteiger charge is -2.23. The van der Waals surface area contributed by atoms with E-state index in [-0.39, 0.29) is 24.3 Å². The van der Waals surface area contributed by atoms with Gasteiger partial charge in [-0.2, -0.15) is 0 Å². The molecule has 1 aliphatic rings. The molecule has 1 fully saturated rings. The molecule has 1 N–H and O–H groups in total. The zero-order valence-electron chi connectivity index (χ0n) is 18.6. The van der Waals surface area contributed by atoms with E-state index < -0.39 is 11.9 Å². The van der Waals surface area contributed by atoms with Gasteiger partial charge < -0.3 is 15.0 Å². The van der Waals surface area contributed by atoms with Crippen LogP contribution in [0.1, 0.15) is 55.6 Å². The van der Waals surface area contributed by atoms with E-state index in [1.165, 1.54) is 0 Å². The SMILES string of the molecule is CCc1cccc(CC)c1N1C[C@H](C(=O)Nc2ccc(C(=O)OC(C)C)cc2)CC1=O. The van der Waals surface area contributed by atoms with Crippen LogP contribution in [-0.2, 0) is 27.2 Å². The van der Waals surface area contributed by atoms with Gasteiger partial charge in [0, 0.05) is 24.3 Å². The zero-order valence-corrected chi connectivity index (χ0v) is 18.6. The van der Waals surface area contributed by atoms with E-state index in [4.69, 9.17) is 4.74 Å². The molecule has 2 aromatic carbocycles. The molecule has 1 saturated heterocycles. The fourth-order valence-electron chi connectivity index (χ4n) is 3.88. The second kappa shape index (κ2) is 9.77. The summed E-state index contributed by atoms with van der Waals surface area (Å²) in [5.74, 6) is -1.04. The van der Waals surface area contributed by atoms with Gasteiger partial charge in [0.05, 0.1) is 17.6 Å². The molecule has 0 radical (unpaired) electrons. The lowest BCUT2D eigenvalue weighted by Crippen LogP contribution is -2.29. The molecule has 1 heterocycles. The molecule has 2 aromatic rings. The molecule has 0 spiro atoms. The monoisotopic (exact) mass is 422 g/mol. The van der Waals surface area contributed by atoms with Crippen molar-refractivity contribution in [2.45, 2.75) is 53.1 Å². The maximum Gasteiger partial charge on any atom is 0.338 e. The predicted octanol–water partition coefficient (Wildman–Crippen LogP) is 4.37. The first-order valence-corrected chi connectivity index (χ1v) is 10.9. The Morgan fingerprint density at radius 3 is 2.23 bits per heavy atom. The van der Waals surface area contributed by atoms with E-state index >= 15 is 0 Å². The van der Waals surface area contributed by atoms with Gasteiger partial charge in [-0.05, 0) is 62.1 Å². The molecule has 3 rings (SSSR count). The Bertz CT molecular complexity index is 944. The van der Waals surface area contributed by atoms with Crippen LogP contribution in [0.25, 0.3) is 0 Å². The molecule has 164 valence electrons. The van der Waals surface area contributed by atoms with Crippen molar-refractivity contribution in [3.8, 4) is 0 Å². The molecular weight excluding hydrogens is 392 g/mol. The number of nitrogens with one attached hydrogen (secondary N) is 1. The third-order valence-electron chi connectivity index (χ3n) is 5.46. The van der Waals surface area contributed by atoms with Crippen molar-refractivity contribution in [3.05, 3.63) is 59.2 Å². The molecule has 0 aliphatic carbocycles. The Morgan fingerprint density at radius 2 is 1.68 bits per heavy atom. The lowest BCUT2D eigenvalue weighted by atomic mass is 10.0. The lowest BCUT2D eigenvalue weighted by molar-refractivity contribution is -0.122. The van der Waals surface area contributed by atoms with Gasteiger partial charge in [-0.3, -0.25) is 9.59 Å². The van der Waals surface area contributed by atoms with Crippen molar-refractivity contribution < 1.29 is 19.1 Å². The molecule has 0 unspecified atom stereocenters. The van der Waals surface area contributed by atoms with E-state index in [1.807, 2.05) is 18.2 Å². The predicted molar refractivity (Wildman–Crippen MR) is 121 cm³/mol. The van der Waals surface area contributed by atoms with Gasteiger partial charge >= 0.3 is 5.97 Å². The van der Waals surface area contributed by atoms with Crippen molar-refractivity contribution in [3.63, 3.8) is 0 Å². The number of para-hydroxylation sites is 1. The van der Waals surface area contributed by atoms with Gasteiger partial charge in [0.15, 0.2) is 0 Å². The van der Waals surface area contributed by atoms with Gasteiger partial charge in [-0.1, -0.05) is 32.0 Å². The van der Waals surface area contributed by atoms with Crippen LogP contribution in [0.15, 0.2) is 42.5 Å². The van der Waals surface area contributed by atoms with Gasteiger partial charge in [0.2, 0.25) is 11.8 Å². The van der Waals surface area contributed by atoms with E-state index in [0.717, 1.165) is 29.7 Å². The molecule has 0 bridgehead atoms. The minimum atomic E-state index is -0.423. The summed E-state index contributed by atoms with van der Waals surface area (Å²) in [7, 11) is 0. The third kappa shape index (κ3) is 5.13. The Morgan fingerprint density at radius 1 is 1.06 bits per heavy atom. The van der Waals surface area contributed by atoms with Crippen LogP contribution in [-0.4, -0.2) is 30.4 Å². The minimum Gasteiger partial charge on any atom is -0.459 e. The number of esters is 1. The van der Waals surface area contributed by atoms with Gasteiger partial charge in [-0.15, -0.1) is 0 Å². The smallest absolute Gasteiger partial charge is 0.338 e. The molecule has 2 amide bonds.